The van der Waals surface area contributed by atoms with Crippen molar-refractivity contribution in [3.8, 4) is 11.7 Å². The maximum atomic E-state index is 12.2. The van der Waals surface area contributed by atoms with Crippen LogP contribution in [0.4, 0.5) is 0 Å². The van der Waals surface area contributed by atoms with Gasteiger partial charge in [-0.15, -0.1) is 0 Å². The zero-order valence-electron chi connectivity index (χ0n) is 13.9. The fraction of sp³-hybridized carbons (Fsp3) is 0.100. The average Bonchev–Trinajstić information content (AvgIpc) is 3.30. The topological polar surface area (TPSA) is 80.2 Å². The summed E-state index contributed by atoms with van der Waals surface area (Å²) in [4.78, 5) is 19.8. The van der Waals surface area contributed by atoms with Crippen molar-refractivity contribution in [2.24, 2.45) is 0 Å². The minimum absolute atomic E-state index is 0.216. The number of para-hydroxylation sites is 1. The predicted molar refractivity (Wildman–Crippen MR) is 97.4 cm³/mol. The SMILES string of the molecule is O=C(NCCc1c[nH]c2cccnc12)c1ccc(Oc2ccccc2)o1. The Kier molecular flexibility index (Phi) is 4.38. The highest BCUT2D eigenvalue weighted by Gasteiger charge is 2.12. The number of aromatic nitrogens is 2. The molecule has 0 fully saturated rings. The molecule has 6 heteroatoms. The molecule has 26 heavy (non-hydrogen) atoms. The molecule has 0 aliphatic carbocycles. The van der Waals surface area contributed by atoms with Crippen LogP contribution in [0.15, 0.2) is 71.4 Å². The van der Waals surface area contributed by atoms with Gasteiger partial charge < -0.3 is 19.5 Å². The number of ether oxygens (including phenoxy) is 1. The van der Waals surface area contributed by atoms with Gasteiger partial charge in [0.05, 0.1) is 11.0 Å². The Balaban J connectivity index is 1.34. The molecule has 0 atom stereocenters. The molecule has 4 rings (SSSR count). The van der Waals surface area contributed by atoms with Gasteiger partial charge in [-0.05, 0) is 42.3 Å². The quantitative estimate of drug-likeness (QED) is 0.554. The summed E-state index contributed by atoms with van der Waals surface area (Å²) in [7, 11) is 0. The van der Waals surface area contributed by atoms with Crippen LogP contribution in [0.3, 0.4) is 0 Å². The highest BCUT2D eigenvalue weighted by molar-refractivity contribution is 5.91. The number of fused-ring (bicyclic) bond motifs is 1. The minimum atomic E-state index is -0.277. The first-order valence-electron chi connectivity index (χ1n) is 8.31. The Labute approximate surface area is 149 Å². The lowest BCUT2D eigenvalue weighted by Gasteiger charge is -2.03. The van der Waals surface area contributed by atoms with E-state index in [9.17, 15) is 4.79 Å². The van der Waals surface area contributed by atoms with E-state index in [0.29, 0.717) is 18.7 Å². The molecule has 2 N–H and O–H groups in total. The van der Waals surface area contributed by atoms with Crippen molar-refractivity contribution >= 4 is 16.9 Å². The van der Waals surface area contributed by atoms with Crippen molar-refractivity contribution in [2.45, 2.75) is 6.42 Å². The number of aromatic amines is 1. The molecule has 0 aliphatic rings. The summed E-state index contributed by atoms with van der Waals surface area (Å²) in [5, 5.41) is 2.85. The van der Waals surface area contributed by atoms with E-state index >= 15 is 0 Å². The number of H-pyrrole nitrogens is 1. The van der Waals surface area contributed by atoms with Crippen LogP contribution in [0.1, 0.15) is 16.1 Å². The molecule has 0 aliphatic heterocycles. The number of hydrogen-bond acceptors (Lipinski definition) is 4. The van der Waals surface area contributed by atoms with Gasteiger partial charge in [-0.1, -0.05) is 18.2 Å². The molecule has 0 radical (unpaired) electrons. The molecule has 0 spiro atoms. The number of hydrogen-bond donors (Lipinski definition) is 2. The lowest BCUT2D eigenvalue weighted by molar-refractivity contribution is 0.0921. The minimum Gasteiger partial charge on any atom is -0.426 e. The van der Waals surface area contributed by atoms with E-state index in [1.807, 2.05) is 48.7 Å². The van der Waals surface area contributed by atoms with Gasteiger partial charge in [-0.3, -0.25) is 9.78 Å². The zero-order valence-corrected chi connectivity index (χ0v) is 13.9. The number of pyridine rings is 1. The number of furan rings is 1. The number of amides is 1. The molecule has 0 unspecified atom stereocenters. The summed E-state index contributed by atoms with van der Waals surface area (Å²) in [6, 6.07) is 16.4. The van der Waals surface area contributed by atoms with Crippen LogP contribution >= 0.6 is 0 Å². The van der Waals surface area contributed by atoms with E-state index in [0.717, 1.165) is 16.6 Å². The highest BCUT2D eigenvalue weighted by Crippen LogP contribution is 2.23. The van der Waals surface area contributed by atoms with Gasteiger partial charge >= 0.3 is 0 Å². The van der Waals surface area contributed by atoms with Gasteiger partial charge in [0.15, 0.2) is 5.76 Å². The lowest BCUT2D eigenvalue weighted by atomic mass is 10.2. The third-order valence-electron chi connectivity index (χ3n) is 3.96. The summed E-state index contributed by atoms with van der Waals surface area (Å²) in [6.07, 6.45) is 4.36. The molecule has 1 amide bonds. The van der Waals surface area contributed by atoms with Crippen LogP contribution in [0.2, 0.25) is 0 Å². The van der Waals surface area contributed by atoms with E-state index in [1.165, 1.54) is 0 Å². The highest BCUT2D eigenvalue weighted by atomic mass is 16.6. The summed E-state index contributed by atoms with van der Waals surface area (Å²) in [5.74, 6) is 0.872. The third kappa shape index (κ3) is 3.44. The van der Waals surface area contributed by atoms with Crippen molar-refractivity contribution in [3.63, 3.8) is 0 Å². The van der Waals surface area contributed by atoms with Crippen LogP contribution in [0.25, 0.3) is 11.0 Å². The molecule has 3 aromatic heterocycles. The summed E-state index contributed by atoms with van der Waals surface area (Å²) in [5.41, 5.74) is 2.98. The Morgan fingerprint density at radius 3 is 2.88 bits per heavy atom. The van der Waals surface area contributed by atoms with Crippen LogP contribution < -0.4 is 10.1 Å². The van der Waals surface area contributed by atoms with Crippen LogP contribution in [-0.4, -0.2) is 22.4 Å². The number of carbonyl (C=O) groups is 1. The Morgan fingerprint density at radius 2 is 2.00 bits per heavy atom. The number of nitrogens with one attached hydrogen (secondary N) is 2. The Morgan fingerprint density at radius 1 is 1.12 bits per heavy atom. The van der Waals surface area contributed by atoms with Crippen molar-refractivity contribution in [2.75, 3.05) is 6.54 Å². The van der Waals surface area contributed by atoms with E-state index in [-0.39, 0.29) is 17.6 Å². The maximum Gasteiger partial charge on any atom is 0.290 e. The van der Waals surface area contributed by atoms with Gasteiger partial charge in [0, 0.05) is 25.0 Å². The molecule has 6 nitrogen and oxygen atoms in total. The Bertz CT molecular complexity index is 1020. The molecular formula is C20H17N3O3. The fourth-order valence-corrected chi connectivity index (χ4v) is 2.70. The average molecular weight is 347 g/mol. The number of nitrogens with zero attached hydrogens (tertiary/aromatic N) is 1. The first kappa shape index (κ1) is 16.0. The van der Waals surface area contributed by atoms with Crippen molar-refractivity contribution in [1.29, 1.82) is 0 Å². The molecule has 3 heterocycles. The van der Waals surface area contributed by atoms with E-state index < -0.39 is 0 Å². The Hall–Kier alpha value is -3.54. The number of rotatable bonds is 6. The number of carbonyl (C=O) groups excluding carboxylic acids is 1. The second kappa shape index (κ2) is 7.14. The van der Waals surface area contributed by atoms with Gasteiger partial charge in [0.2, 0.25) is 0 Å². The van der Waals surface area contributed by atoms with Crippen LogP contribution in [0, 0.1) is 0 Å². The molecule has 130 valence electrons. The molecule has 4 aromatic rings. The standard InChI is InChI=1S/C20H17N3O3/c24-20(17-8-9-18(26-17)25-15-5-2-1-3-6-15)22-12-10-14-13-23-16-7-4-11-21-19(14)16/h1-9,11,13,23H,10,12H2,(H,22,24). The summed E-state index contributed by atoms with van der Waals surface area (Å²) < 4.78 is 11.0. The monoisotopic (exact) mass is 347 g/mol. The van der Waals surface area contributed by atoms with Crippen molar-refractivity contribution in [1.82, 2.24) is 15.3 Å². The van der Waals surface area contributed by atoms with Gasteiger partial charge in [-0.2, -0.15) is 0 Å². The molecule has 0 saturated heterocycles. The van der Waals surface area contributed by atoms with Gasteiger partial charge in [-0.25, -0.2) is 0 Å². The van der Waals surface area contributed by atoms with E-state index in [2.05, 4.69) is 15.3 Å². The summed E-state index contributed by atoms with van der Waals surface area (Å²) >= 11 is 0. The second-order valence-electron chi connectivity index (χ2n) is 5.75. The maximum absolute atomic E-state index is 12.2. The third-order valence-corrected chi connectivity index (χ3v) is 3.96. The van der Waals surface area contributed by atoms with Crippen molar-refractivity contribution < 1.29 is 13.9 Å². The largest absolute Gasteiger partial charge is 0.426 e. The number of benzene rings is 1. The fourth-order valence-electron chi connectivity index (χ4n) is 2.70. The zero-order chi connectivity index (χ0) is 17.8. The smallest absolute Gasteiger partial charge is 0.290 e. The first-order chi connectivity index (χ1) is 12.8. The first-order valence-corrected chi connectivity index (χ1v) is 8.31. The molecular weight excluding hydrogens is 330 g/mol. The molecule has 0 bridgehead atoms. The lowest BCUT2D eigenvalue weighted by Crippen LogP contribution is -2.25. The predicted octanol–water partition coefficient (Wildman–Crippen LogP) is 3.92. The normalized spacial score (nSPS) is 10.8. The molecule has 1 aromatic carbocycles. The van der Waals surface area contributed by atoms with Crippen molar-refractivity contribution in [3.05, 3.63) is 78.3 Å². The van der Waals surface area contributed by atoms with Crippen LogP contribution in [0.5, 0.6) is 11.7 Å². The molecule has 0 saturated carbocycles. The summed E-state index contributed by atoms with van der Waals surface area (Å²) in [6.45, 7) is 0.484. The van der Waals surface area contributed by atoms with E-state index in [1.54, 1.807) is 18.3 Å². The van der Waals surface area contributed by atoms with Gasteiger partial charge in [0.25, 0.3) is 11.9 Å². The van der Waals surface area contributed by atoms with E-state index in [4.69, 9.17) is 9.15 Å². The van der Waals surface area contributed by atoms with Crippen LogP contribution in [-0.2, 0) is 6.42 Å². The van der Waals surface area contributed by atoms with Gasteiger partial charge in [0.1, 0.15) is 5.75 Å². The second-order valence-corrected chi connectivity index (χ2v) is 5.75.